The van der Waals surface area contributed by atoms with Gasteiger partial charge in [0.1, 0.15) is 0 Å². The van der Waals surface area contributed by atoms with Gasteiger partial charge in [-0.1, -0.05) is 19.9 Å². The van der Waals surface area contributed by atoms with Crippen molar-refractivity contribution in [2.75, 3.05) is 0 Å². The van der Waals surface area contributed by atoms with Crippen LogP contribution in [0.2, 0.25) is 0 Å². The Morgan fingerprint density at radius 2 is 2.12 bits per heavy atom. The molecule has 2 aromatic rings. The third kappa shape index (κ3) is 3.67. The summed E-state index contributed by atoms with van der Waals surface area (Å²) in [6.45, 7) is 5.86. The molecule has 2 aromatic heterocycles. The van der Waals surface area contributed by atoms with Crippen molar-refractivity contribution in [1.29, 1.82) is 0 Å². The summed E-state index contributed by atoms with van der Waals surface area (Å²) in [5.74, 6) is 0. The Morgan fingerprint density at radius 1 is 1.29 bits per heavy atom. The van der Waals surface area contributed by atoms with Crippen LogP contribution in [0.1, 0.15) is 25.2 Å². The van der Waals surface area contributed by atoms with E-state index in [0.717, 1.165) is 24.5 Å². The molecule has 0 aliphatic heterocycles. The van der Waals surface area contributed by atoms with Crippen molar-refractivity contribution in [1.82, 2.24) is 19.9 Å². The van der Waals surface area contributed by atoms with Crippen molar-refractivity contribution in [2.24, 2.45) is 0 Å². The Hall–Kier alpha value is -1.68. The molecule has 2 heterocycles. The third-order valence-electron chi connectivity index (χ3n) is 2.46. The lowest BCUT2D eigenvalue weighted by atomic mass is 10.3. The molecular weight excluding hydrogens is 212 g/mol. The van der Waals surface area contributed by atoms with Crippen LogP contribution in [0, 0.1) is 0 Å². The van der Waals surface area contributed by atoms with Gasteiger partial charge in [-0.2, -0.15) is 0 Å². The number of pyridine rings is 1. The monoisotopic (exact) mass is 230 g/mol. The summed E-state index contributed by atoms with van der Waals surface area (Å²) in [6.07, 6.45) is 5.53. The summed E-state index contributed by atoms with van der Waals surface area (Å²) in [5.41, 5.74) is 2.14. The maximum Gasteiger partial charge on any atom is 0.0949 e. The number of hydrogen-bond acceptors (Lipinski definition) is 3. The average molecular weight is 230 g/mol. The van der Waals surface area contributed by atoms with E-state index in [-0.39, 0.29) is 0 Å². The van der Waals surface area contributed by atoms with Gasteiger partial charge in [0.2, 0.25) is 0 Å². The van der Waals surface area contributed by atoms with Crippen LogP contribution in [0.25, 0.3) is 0 Å². The zero-order valence-corrected chi connectivity index (χ0v) is 10.3. The zero-order chi connectivity index (χ0) is 12.1. The molecule has 4 heteroatoms. The maximum atomic E-state index is 4.61. The number of rotatable bonds is 5. The molecule has 0 aromatic carbocycles. The molecule has 0 fully saturated rings. The third-order valence-corrected chi connectivity index (χ3v) is 2.46. The van der Waals surface area contributed by atoms with Crippen molar-refractivity contribution < 1.29 is 0 Å². The molecule has 0 radical (unpaired) electrons. The highest BCUT2D eigenvalue weighted by molar-refractivity contribution is 5.11. The number of hydrogen-bond donors (Lipinski definition) is 1. The van der Waals surface area contributed by atoms with Gasteiger partial charge in [0.05, 0.1) is 24.3 Å². The first-order chi connectivity index (χ1) is 8.24. The first-order valence-corrected chi connectivity index (χ1v) is 5.88. The van der Waals surface area contributed by atoms with Gasteiger partial charge in [-0.15, -0.1) is 0 Å². The van der Waals surface area contributed by atoms with Crippen LogP contribution in [-0.2, 0) is 13.1 Å². The molecule has 2 rings (SSSR count). The Bertz CT molecular complexity index is 448. The molecule has 0 aliphatic carbocycles. The fourth-order valence-corrected chi connectivity index (χ4v) is 1.59. The van der Waals surface area contributed by atoms with Gasteiger partial charge < -0.3 is 9.88 Å². The van der Waals surface area contributed by atoms with E-state index in [1.54, 1.807) is 12.5 Å². The molecule has 0 bridgehead atoms. The summed E-state index contributed by atoms with van der Waals surface area (Å²) < 4.78 is 2.02. The minimum atomic E-state index is 0.481. The summed E-state index contributed by atoms with van der Waals surface area (Å²) in [7, 11) is 0. The largest absolute Gasteiger partial charge is 0.331 e. The molecule has 0 saturated carbocycles. The fraction of sp³-hybridized carbons (Fsp3) is 0.385. The van der Waals surface area contributed by atoms with Crippen LogP contribution >= 0.6 is 0 Å². The van der Waals surface area contributed by atoms with E-state index < -0.39 is 0 Å². The average Bonchev–Trinajstić information content (AvgIpc) is 2.80. The highest BCUT2D eigenvalue weighted by Gasteiger charge is 2.00. The summed E-state index contributed by atoms with van der Waals surface area (Å²) >= 11 is 0. The van der Waals surface area contributed by atoms with Crippen LogP contribution in [-0.4, -0.2) is 20.6 Å². The first kappa shape index (κ1) is 11.8. The zero-order valence-electron chi connectivity index (χ0n) is 10.3. The Labute approximate surface area is 102 Å². The number of imidazole rings is 1. The summed E-state index contributed by atoms with van der Waals surface area (Å²) in [5, 5.41) is 3.37. The van der Waals surface area contributed by atoms with Crippen LogP contribution in [0.5, 0.6) is 0 Å². The molecule has 17 heavy (non-hydrogen) atoms. The molecule has 4 nitrogen and oxygen atoms in total. The molecule has 0 spiro atoms. The van der Waals surface area contributed by atoms with Gasteiger partial charge in [0, 0.05) is 25.0 Å². The second-order valence-electron chi connectivity index (χ2n) is 4.39. The number of nitrogens with one attached hydrogen (secondary N) is 1. The fourth-order valence-electron chi connectivity index (χ4n) is 1.59. The van der Waals surface area contributed by atoms with Crippen LogP contribution in [0.15, 0.2) is 36.9 Å². The maximum absolute atomic E-state index is 4.61. The van der Waals surface area contributed by atoms with Crippen LogP contribution in [0.3, 0.4) is 0 Å². The van der Waals surface area contributed by atoms with Crippen molar-refractivity contribution in [2.45, 2.75) is 33.0 Å². The highest BCUT2D eigenvalue weighted by atomic mass is 15.0. The lowest BCUT2D eigenvalue weighted by Crippen LogP contribution is -2.22. The second-order valence-corrected chi connectivity index (χ2v) is 4.39. The van der Waals surface area contributed by atoms with E-state index in [9.17, 15) is 0 Å². The van der Waals surface area contributed by atoms with Gasteiger partial charge in [-0.25, -0.2) is 4.98 Å². The molecule has 1 N–H and O–H groups in total. The van der Waals surface area contributed by atoms with E-state index in [4.69, 9.17) is 0 Å². The lowest BCUT2D eigenvalue weighted by molar-refractivity contribution is 0.579. The molecule has 0 atom stereocenters. The first-order valence-electron chi connectivity index (χ1n) is 5.88. The predicted molar refractivity (Wildman–Crippen MR) is 67.5 cm³/mol. The van der Waals surface area contributed by atoms with Crippen molar-refractivity contribution in [3.63, 3.8) is 0 Å². The van der Waals surface area contributed by atoms with E-state index in [0.29, 0.717) is 6.04 Å². The topological polar surface area (TPSA) is 42.7 Å². The van der Waals surface area contributed by atoms with Crippen LogP contribution in [0.4, 0.5) is 0 Å². The van der Waals surface area contributed by atoms with E-state index in [1.807, 2.05) is 22.9 Å². The molecule has 90 valence electrons. The quantitative estimate of drug-likeness (QED) is 0.852. The molecule has 0 amide bonds. The Kier molecular flexibility index (Phi) is 3.88. The SMILES string of the molecule is CC(C)NCc1cccc(Cn2ccnc2)n1. The highest BCUT2D eigenvalue weighted by Crippen LogP contribution is 2.02. The van der Waals surface area contributed by atoms with Gasteiger partial charge in [0.25, 0.3) is 0 Å². The molecule has 0 saturated heterocycles. The van der Waals surface area contributed by atoms with Crippen LogP contribution < -0.4 is 5.32 Å². The molecule has 0 aliphatic rings. The van der Waals surface area contributed by atoms with E-state index in [2.05, 4.69) is 35.2 Å². The minimum absolute atomic E-state index is 0.481. The summed E-state index contributed by atoms with van der Waals surface area (Å²) in [6, 6.07) is 6.62. The second kappa shape index (κ2) is 5.59. The normalized spacial score (nSPS) is 11.0. The van der Waals surface area contributed by atoms with Gasteiger partial charge in [-0.05, 0) is 12.1 Å². The number of aromatic nitrogens is 3. The van der Waals surface area contributed by atoms with Crippen molar-refractivity contribution in [3.8, 4) is 0 Å². The molecular formula is C13H18N4. The Balaban J connectivity index is 2.01. The number of nitrogens with zero attached hydrogens (tertiary/aromatic N) is 3. The standard InChI is InChI=1S/C13H18N4/c1-11(2)15-8-12-4-3-5-13(16-12)9-17-7-6-14-10-17/h3-7,10-11,15H,8-9H2,1-2H3. The van der Waals surface area contributed by atoms with Crippen molar-refractivity contribution in [3.05, 3.63) is 48.3 Å². The Morgan fingerprint density at radius 3 is 2.82 bits per heavy atom. The smallest absolute Gasteiger partial charge is 0.0949 e. The van der Waals surface area contributed by atoms with Gasteiger partial charge >= 0.3 is 0 Å². The minimum Gasteiger partial charge on any atom is -0.331 e. The molecule has 0 unspecified atom stereocenters. The van der Waals surface area contributed by atoms with Crippen molar-refractivity contribution >= 4 is 0 Å². The van der Waals surface area contributed by atoms with Gasteiger partial charge in [-0.3, -0.25) is 4.98 Å². The summed E-state index contributed by atoms with van der Waals surface area (Å²) in [4.78, 5) is 8.63. The van der Waals surface area contributed by atoms with E-state index in [1.165, 1.54) is 0 Å². The predicted octanol–water partition coefficient (Wildman–Crippen LogP) is 1.82. The van der Waals surface area contributed by atoms with Gasteiger partial charge in [0.15, 0.2) is 0 Å². The van der Waals surface area contributed by atoms with E-state index >= 15 is 0 Å². The lowest BCUT2D eigenvalue weighted by Gasteiger charge is -2.09.